The van der Waals surface area contributed by atoms with Gasteiger partial charge in [0, 0.05) is 6.54 Å². The summed E-state index contributed by atoms with van der Waals surface area (Å²) in [6.45, 7) is 1.90. The summed E-state index contributed by atoms with van der Waals surface area (Å²) in [6.07, 6.45) is -4.22. The normalized spacial score (nSPS) is 12.5. The molecule has 0 heterocycles. The molecule has 2 N–H and O–H groups in total. The van der Waals surface area contributed by atoms with E-state index in [1.807, 2.05) is 5.32 Å². The Morgan fingerprint density at radius 3 is 2.20 bits per heavy atom. The summed E-state index contributed by atoms with van der Waals surface area (Å²) in [6, 6.07) is 8.48. The molecule has 0 unspecified atom stereocenters. The third-order valence-electron chi connectivity index (χ3n) is 3.63. The fraction of sp³-hybridized carbons (Fsp3) is 0.278. The Labute approximate surface area is 143 Å². The van der Waals surface area contributed by atoms with Gasteiger partial charge in [-0.05, 0) is 36.6 Å². The first-order valence-corrected chi connectivity index (χ1v) is 7.68. The predicted molar refractivity (Wildman–Crippen MR) is 86.6 cm³/mol. The van der Waals surface area contributed by atoms with E-state index in [4.69, 9.17) is 0 Å². The highest BCUT2D eigenvalue weighted by atomic mass is 19.4. The molecule has 0 aromatic heterocycles. The lowest BCUT2D eigenvalue weighted by atomic mass is 10.0. The fourth-order valence-corrected chi connectivity index (χ4v) is 2.27. The summed E-state index contributed by atoms with van der Waals surface area (Å²) in [5.74, 6) is -0.374. The van der Waals surface area contributed by atoms with Gasteiger partial charge in [0.1, 0.15) is 5.82 Å². The first kappa shape index (κ1) is 18.8. The highest BCUT2D eigenvalue weighted by Gasteiger charge is 2.41. The number of carbonyl (C=O) groups is 1. The van der Waals surface area contributed by atoms with Crippen LogP contribution < -0.4 is 10.6 Å². The van der Waals surface area contributed by atoms with Gasteiger partial charge in [-0.2, -0.15) is 13.2 Å². The number of benzene rings is 2. The largest absolute Gasteiger partial charge is 0.412 e. The first-order valence-electron chi connectivity index (χ1n) is 7.68. The van der Waals surface area contributed by atoms with Crippen LogP contribution in [0.1, 0.15) is 22.7 Å². The third-order valence-corrected chi connectivity index (χ3v) is 3.63. The Morgan fingerprint density at radius 1 is 1.04 bits per heavy atom. The zero-order valence-corrected chi connectivity index (χ0v) is 13.5. The maximum absolute atomic E-state index is 13.2. The van der Waals surface area contributed by atoms with Gasteiger partial charge >= 0.3 is 12.2 Å². The van der Waals surface area contributed by atoms with Crippen LogP contribution in [0.3, 0.4) is 0 Å². The third kappa shape index (κ3) is 5.77. The molecule has 0 aliphatic heterocycles. The quantitative estimate of drug-likeness (QED) is 0.773. The molecule has 0 radical (unpaired) electrons. The van der Waals surface area contributed by atoms with Crippen molar-refractivity contribution in [2.45, 2.75) is 25.6 Å². The van der Waals surface area contributed by atoms with E-state index < -0.39 is 18.2 Å². The van der Waals surface area contributed by atoms with Crippen LogP contribution in [-0.4, -0.2) is 18.8 Å². The van der Waals surface area contributed by atoms with Crippen LogP contribution in [0.2, 0.25) is 0 Å². The SMILES string of the molecule is Cc1ccc([C@H](NC(=O)NCCc2ccc(F)cc2)C(F)(F)F)cc1. The van der Waals surface area contributed by atoms with Crippen molar-refractivity contribution >= 4 is 6.03 Å². The van der Waals surface area contributed by atoms with Crippen LogP contribution in [0.4, 0.5) is 22.4 Å². The second-order valence-electron chi connectivity index (χ2n) is 5.66. The summed E-state index contributed by atoms with van der Waals surface area (Å²) in [5, 5.41) is 4.34. The van der Waals surface area contributed by atoms with Gasteiger partial charge in [-0.25, -0.2) is 9.18 Å². The maximum Gasteiger partial charge on any atom is 0.412 e. The summed E-state index contributed by atoms with van der Waals surface area (Å²) in [4.78, 5) is 11.8. The van der Waals surface area contributed by atoms with Crippen molar-refractivity contribution in [3.05, 3.63) is 71.0 Å². The van der Waals surface area contributed by atoms with Crippen LogP contribution in [0.15, 0.2) is 48.5 Å². The smallest absolute Gasteiger partial charge is 0.338 e. The lowest BCUT2D eigenvalue weighted by Crippen LogP contribution is -2.44. The number of rotatable bonds is 5. The second-order valence-corrected chi connectivity index (χ2v) is 5.66. The average Bonchev–Trinajstić information content (AvgIpc) is 2.54. The standard InChI is InChI=1S/C18H18F4N2O/c1-12-2-6-14(7-3-12)16(18(20,21)22)24-17(25)23-11-10-13-4-8-15(19)9-5-13/h2-9,16H,10-11H2,1H3,(H2,23,24,25)/t16-/m0/s1. The van der Waals surface area contributed by atoms with Crippen molar-refractivity contribution in [1.29, 1.82) is 0 Å². The van der Waals surface area contributed by atoms with Crippen LogP contribution in [-0.2, 0) is 6.42 Å². The highest BCUT2D eigenvalue weighted by molar-refractivity contribution is 5.74. The summed E-state index contributed by atoms with van der Waals surface area (Å²) in [5.41, 5.74) is 1.56. The van der Waals surface area contributed by atoms with E-state index in [1.54, 1.807) is 31.2 Å². The molecule has 2 rings (SSSR count). The molecule has 2 aromatic carbocycles. The van der Waals surface area contributed by atoms with Gasteiger partial charge in [0.25, 0.3) is 0 Å². The van der Waals surface area contributed by atoms with E-state index >= 15 is 0 Å². The molecule has 0 saturated carbocycles. The Morgan fingerprint density at radius 2 is 1.64 bits per heavy atom. The number of aryl methyl sites for hydroxylation is 1. The van der Waals surface area contributed by atoms with E-state index in [0.717, 1.165) is 11.1 Å². The Balaban J connectivity index is 1.93. The van der Waals surface area contributed by atoms with Gasteiger partial charge in [0.05, 0.1) is 0 Å². The number of hydrogen-bond donors (Lipinski definition) is 2. The molecule has 25 heavy (non-hydrogen) atoms. The van der Waals surface area contributed by atoms with Crippen LogP contribution in [0.5, 0.6) is 0 Å². The fourth-order valence-electron chi connectivity index (χ4n) is 2.27. The molecule has 1 atom stereocenters. The molecular weight excluding hydrogens is 336 g/mol. The van der Waals surface area contributed by atoms with Gasteiger partial charge in [0.15, 0.2) is 6.04 Å². The van der Waals surface area contributed by atoms with Crippen molar-refractivity contribution in [3.63, 3.8) is 0 Å². The minimum atomic E-state index is -4.61. The lowest BCUT2D eigenvalue weighted by molar-refractivity contribution is -0.154. The maximum atomic E-state index is 13.2. The van der Waals surface area contributed by atoms with Crippen molar-refractivity contribution in [2.24, 2.45) is 0 Å². The molecule has 0 saturated heterocycles. The number of carbonyl (C=O) groups excluding carboxylic acids is 1. The van der Waals surface area contributed by atoms with E-state index in [2.05, 4.69) is 5.32 Å². The predicted octanol–water partition coefficient (Wildman–Crippen LogP) is 4.28. The number of nitrogens with one attached hydrogen (secondary N) is 2. The number of hydrogen-bond acceptors (Lipinski definition) is 1. The minimum absolute atomic E-state index is 0.0354. The van der Waals surface area contributed by atoms with Gasteiger partial charge in [-0.3, -0.25) is 0 Å². The topological polar surface area (TPSA) is 41.1 Å². The summed E-state index contributed by atoms with van der Waals surface area (Å²) < 4.78 is 52.4. The first-order chi connectivity index (χ1) is 11.8. The average molecular weight is 354 g/mol. The van der Waals surface area contributed by atoms with Crippen molar-refractivity contribution in [2.75, 3.05) is 6.54 Å². The molecule has 7 heteroatoms. The molecule has 0 bridgehead atoms. The highest BCUT2D eigenvalue weighted by Crippen LogP contribution is 2.32. The lowest BCUT2D eigenvalue weighted by Gasteiger charge is -2.22. The Kier molecular flexibility index (Phi) is 6.01. The number of halogens is 4. The second kappa shape index (κ2) is 8.00. The van der Waals surface area contributed by atoms with Gasteiger partial charge in [-0.1, -0.05) is 42.0 Å². The van der Waals surface area contributed by atoms with Crippen LogP contribution in [0.25, 0.3) is 0 Å². The molecule has 0 spiro atoms. The number of alkyl halides is 3. The monoisotopic (exact) mass is 354 g/mol. The molecule has 0 fully saturated rings. The Hall–Kier alpha value is -2.57. The van der Waals surface area contributed by atoms with Crippen LogP contribution >= 0.6 is 0 Å². The van der Waals surface area contributed by atoms with Crippen molar-refractivity contribution in [3.8, 4) is 0 Å². The van der Waals surface area contributed by atoms with Gasteiger partial charge in [-0.15, -0.1) is 0 Å². The Bertz CT molecular complexity index is 697. The van der Waals surface area contributed by atoms with Gasteiger partial charge in [0.2, 0.25) is 0 Å². The van der Waals surface area contributed by atoms with Crippen LogP contribution in [0, 0.1) is 12.7 Å². The number of amides is 2. The molecule has 2 amide bonds. The number of urea groups is 1. The molecule has 0 aliphatic rings. The molecular formula is C18H18F4N2O. The van der Waals surface area contributed by atoms with E-state index in [1.165, 1.54) is 24.3 Å². The zero-order chi connectivity index (χ0) is 18.4. The van der Waals surface area contributed by atoms with Crippen molar-refractivity contribution in [1.82, 2.24) is 10.6 Å². The van der Waals surface area contributed by atoms with E-state index in [-0.39, 0.29) is 17.9 Å². The van der Waals surface area contributed by atoms with Crippen molar-refractivity contribution < 1.29 is 22.4 Å². The van der Waals surface area contributed by atoms with E-state index in [9.17, 15) is 22.4 Å². The molecule has 0 aliphatic carbocycles. The zero-order valence-electron chi connectivity index (χ0n) is 13.5. The molecule has 134 valence electrons. The summed E-state index contributed by atoms with van der Waals surface area (Å²) >= 11 is 0. The summed E-state index contributed by atoms with van der Waals surface area (Å²) in [7, 11) is 0. The minimum Gasteiger partial charge on any atom is -0.338 e. The van der Waals surface area contributed by atoms with Gasteiger partial charge < -0.3 is 10.6 Å². The molecule has 3 nitrogen and oxygen atoms in total. The van der Waals surface area contributed by atoms with E-state index in [0.29, 0.717) is 6.42 Å². The molecule has 2 aromatic rings.